The first kappa shape index (κ1) is 23.9. The van der Waals surface area contributed by atoms with Crippen molar-refractivity contribution in [1.82, 2.24) is 0 Å². The van der Waals surface area contributed by atoms with Gasteiger partial charge in [-0.25, -0.2) is 0 Å². The fourth-order valence-electron chi connectivity index (χ4n) is 3.39. The van der Waals surface area contributed by atoms with E-state index in [4.69, 9.17) is 4.74 Å². The highest BCUT2D eigenvalue weighted by Crippen LogP contribution is 2.47. The third-order valence-electron chi connectivity index (χ3n) is 5.15. The standard InChI is InChI=1S/C26H24N2O4S2/c1-17-11-13-19(14-12-17)27-24(29)16-33-18(2)26(31)32-15-25(30)28-20-7-3-5-9-22(20)34-23-10-6-4-8-21(23)28/h3-14,18H,15-16H2,1-2H3,(H,27,29). The maximum Gasteiger partial charge on any atom is 0.319 e. The van der Waals surface area contributed by atoms with Crippen LogP contribution in [0.3, 0.4) is 0 Å². The van der Waals surface area contributed by atoms with E-state index >= 15 is 0 Å². The minimum atomic E-state index is -0.590. The summed E-state index contributed by atoms with van der Waals surface area (Å²) in [6.45, 7) is 3.26. The average molecular weight is 493 g/mol. The minimum Gasteiger partial charge on any atom is -0.455 e. The van der Waals surface area contributed by atoms with Crippen molar-refractivity contribution in [3.63, 3.8) is 0 Å². The SMILES string of the molecule is Cc1ccc(NC(=O)CSC(C)C(=O)OCC(=O)N2c3ccccc3Sc3ccccc32)cc1. The zero-order valence-electron chi connectivity index (χ0n) is 18.8. The minimum absolute atomic E-state index is 0.0994. The predicted molar refractivity (Wildman–Crippen MR) is 137 cm³/mol. The fourth-order valence-corrected chi connectivity index (χ4v) is 5.13. The van der Waals surface area contributed by atoms with Gasteiger partial charge in [0.1, 0.15) is 5.25 Å². The number of nitrogens with zero attached hydrogens (tertiary/aromatic N) is 1. The summed E-state index contributed by atoms with van der Waals surface area (Å²) < 4.78 is 5.32. The highest BCUT2D eigenvalue weighted by molar-refractivity contribution is 8.01. The van der Waals surface area contributed by atoms with Crippen molar-refractivity contribution in [2.45, 2.75) is 28.9 Å². The number of ether oxygens (including phenoxy) is 1. The van der Waals surface area contributed by atoms with E-state index in [9.17, 15) is 14.4 Å². The first-order valence-corrected chi connectivity index (χ1v) is 12.6. The average Bonchev–Trinajstić information content (AvgIpc) is 2.85. The Hall–Kier alpha value is -3.23. The Bertz CT molecular complexity index is 1170. The lowest BCUT2D eigenvalue weighted by molar-refractivity contribution is -0.146. The van der Waals surface area contributed by atoms with Gasteiger partial charge in [-0.2, -0.15) is 0 Å². The molecule has 3 aromatic carbocycles. The molecule has 0 saturated heterocycles. The molecule has 3 aromatic rings. The van der Waals surface area contributed by atoms with Gasteiger partial charge in [-0.3, -0.25) is 19.3 Å². The lowest BCUT2D eigenvalue weighted by Crippen LogP contribution is -2.33. The summed E-state index contributed by atoms with van der Waals surface area (Å²) >= 11 is 2.77. The quantitative estimate of drug-likeness (QED) is 0.444. The van der Waals surface area contributed by atoms with Crippen LogP contribution in [0.1, 0.15) is 12.5 Å². The summed E-state index contributed by atoms with van der Waals surface area (Å²) in [5, 5.41) is 2.21. The Kier molecular flexibility index (Phi) is 7.59. The van der Waals surface area contributed by atoms with Gasteiger partial charge < -0.3 is 10.1 Å². The first-order valence-electron chi connectivity index (χ1n) is 10.8. The van der Waals surface area contributed by atoms with Crippen molar-refractivity contribution in [2.24, 2.45) is 0 Å². The van der Waals surface area contributed by atoms with Gasteiger partial charge in [0.05, 0.1) is 17.1 Å². The second kappa shape index (κ2) is 10.8. The number of hydrogen-bond acceptors (Lipinski definition) is 6. The van der Waals surface area contributed by atoms with E-state index in [1.54, 1.807) is 23.6 Å². The summed E-state index contributed by atoms with van der Waals surface area (Å²) in [6.07, 6.45) is 0. The second-order valence-electron chi connectivity index (χ2n) is 7.74. The van der Waals surface area contributed by atoms with Crippen LogP contribution >= 0.6 is 23.5 Å². The molecule has 1 aliphatic heterocycles. The molecule has 1 heterocycles. The van der Waals surface area contributed by atoms with Gasteiger partial charge in [-0.15, -0.1) is 11.8 Å². The monoisotopic (exact) mass is 492 g/mol. The smallest absolute Gasteiger partial charge is 0.319 e. The van der Waals surface area contributed by atoms with Crippen molar-refractivity contribution in [3.8, 4) is 0 Å². The van der Waals surface area contributed by atoms with E-state index in [1.165, 1.54) is 0 Å². The van der Waals surface area contributed by atoms with Crippen LogP contribution in [0.5, 0.6) is 0 Å². The van der Waals surface area contributed by atoms with Crippen LogP contribution < -0.4 is 10.2 Å². The summed E-state index contributed by atoms with van der Waals surface area (Å²) in [6, 6.07) is 22.8. The molecule has 0 saturated carbocycles. The van der Waals surface area contributed by atoms with Crippen molar-refractivity contribution in [1.29, 1.82) is 0 Å². The second-order valence-corrected chi connectivity index (χ2v) is 10.2. The van der Waals surface area contributed by atoms with Gasteiger partial charge in [0.2, 0.25) is 5.91 Å². The molecule has 8 heteroatoms. The Balaban J connectivity index is 1.32. The lowest BCUT2D eigenvalue weighted by atomic mass is 10.2. The number of fused-ring (bicyclic) bond motifs is 2. The van der Waals surface area contributed by atoms with Crippen molar-refractivity contribution >= 4 is 58.4 Å². The zero-order chi connectivity index (χ0) is 24.1. The lowest BCUT2D eigenvalue weighted by Gasteiger charge is -2.30. The van der Waals surface area contributed by atoms with Gasteiger partial charge in [-0.05, 0) is 50.2 Å². The molecular weight excluding hydrogens is 468 g/mol. The van der Waals surface area contributed by atoms with Gasteiger partial charge in [0, 0.05) is 15.5 Å². The molecule has 2 amide bonds. The van der Waals surface area contributed by atoms with Crippen LogP contribution in [0.2, 0.25) is 0 Å². The van der Waals surface area contributed by atoms with E-state index in [2.05, 4.69) is 5.32 Å². The highest BCUT2D eigenvalue weighted by atomic mass is 32.2. The maximum atomic E-state index is 13.1. The molecule has 0 aliphatic carbocycles. The molecular formula is C26H24N2O4S2. The van der Waals surface area contributed by atoms with Crippen LogP contribution in [0.25, 0.3) is 0 Å². The van der Waals surface area contributed by atoms with Crippen LogP contribution in [-0.4, -0.2) is 35.4 Å². The number of nitrogens with one attached hydrogen (secondary N) is 1. The van der Waals surface area contributed by atoms with Gasteiger partial charge in [0.25, 0.3) is 5.91 Å². The van der Waals surface area contributed by atoms with Crippen LogP contribution in [-0.2, 0) is 19.1 Å². The van der Waals surface area contributed by atoms with Gasteiger partial charge in [-0.1, -0.05) is 53.7 Å². The third kappa shape index (κ3) is 5.63. The number of rotatable bonds is 7. The summed E-state index contributed by atoms with van der Waals surface area (Å²) in [7, 11) is 0. The third-order valence-corrected chi connectivity index (χ3v) is 7.40. The molecule has 174 valence electrons. The maximum absolute atomic E-state index is 13.1. The summed E-state index contributed by atoms with van der Waals surface area (Å²) in [5.41, 5.74) is 3.34. The number of anilines is 3. The number of thioether (sulfide) groups is 1. The summed E-state index contributed by atoms with van der Waals surface area (Å²) in [4.78, 5) is 41.3. The van der Waals surface area contributed by atoms with Crippen LogP contribution in [0, 0.1) is 6.92 Å². The molecule has 6 nitrogen and oxygen atoms in total. The Morgan fingerprint density at radius 3 is 2.15 bits per heavy atom. The number of esters is 1. The first-order chi connectivity index (χ1) is 16.4. The van der Waals surface area contributed by atoms with Gasteiger partial charge in [0.15, 0.2) is 6.61 Å². The molecule has 1 N–H and O–H groups in total. The Morgan fingerprint density at radius 1 is 0.941 bits per heavy atom. The number of carbonyl (C=O) groups excluding carboxylic acids is 3. The molecule has 0 fully saturated rings. The van der Waals surface area contributed by atoms with Crippen LogP contribution in [0.15, 0.2) is 82.6 Å². The van der Waals surface area contributed by atoms with E-state index in [-0.39, 0.29) is 24.2 Å². The van der Waals surface area contributed by atoms with Crippen molar-refractivity contribution in [3.05, 3.63) is 78.4 Å². The topological polar surface area (TPSA) is 75.7 Å². The van der Waals surface area contributed by atoms with Crippen LogP contribution in [0.4, 0.5) is 17.1 Å². The summed E-state index contributed by atoms with van der Waals surface area (Å²) in [5.74, 6) is -0.969. The predicted octanol–water partition coefficient (Wildman–Crippen LogP) is 5.43. The number of aryl methyl sites for hydroxylation is 1. The van der Waals surface area contributed by atoms with E-state index in [0.29, 0.717) is 5.69 Å². The number of hydrogen-bond donors (Lipinski definition) is 1. The normalized spacial score (nSPS) is 12.8. The highest BCUT2D eigenvalue weighted by Gasteiger charge is 2.29. The Labute approximate surface area is 207 Å². The molecule has 1 unspecified atom stereocenters. The van der Waals surface area contributed by atoms with Crippen molar-refractivity contribution < 1.29 is 19.1 Å². The molecule has 34 heavy (non-hydrogen) atoms. The fraction of sp³-hybridized carbons (Fsp3) is 0.192. The van der Waals surface area contributed by atoms with E-state index < -0.39 is 11.2 Å². The number of benzene rings is 3. The number of carbonyl (C=O) groups is 3. The molecule has 1 aliphatic rings. The Morgan fingerprint density at radius 2 is 1.53 bits per heavy atom. The van der Waals surface area contributed by atoms with E-state index in [1.807, 2.05) is 79.7 Å². The number of para-hydroxylation sites is 2. The van der Waals surface area contributed by atoms with E-state index in [0.717, 1.165) is 38.5 Å². The van der Waals surface area contributed by atoms with Gasteiger partial charge >= 0.3 is 5.97 Å². The number of amides is 2. The molecule has 0 aromatic heterocycles. The largest absolute Gasteiger partial charge is 0.455 e. The molecule has 0 bridgehead atoms. The zero-order valence-corrected chi connectivity index (χ0v) is 20.4. The molecule has 1 atom stereocenters. The van der Waals surface area contributed by atoms with Crippen molar-refractivity contribution in [2.75, 3.05) is 22.6 Å². The molecule has 4 rings (SSSR count). The molecule has 0 spiro atoms. The molecule has 0 radical (unpaired) electrons.